The number of hydrogen-bond donors (Lipinski definition) is 2. The van der Waals surface area contributed by atoms with Crippen LogP contribution in [0.5, 0.6) is 0 Å². The van der Waals surface area contributed by atoms with Gasteiger partial charge in [0.2, 0.25) is 0 Å². The molecule has 1 aliphatic heterocycles. The van der Waals surface area contributed by atoms with Gasteiger partial charge in [-0.25, -0.2) is 4.79 Å². The van der Waals surface area contributed by atoms with E-state index in [4.69, 9.17) is 4.74 Å². The van der Waals surface area contributed by atoms with Gasteiger partial charge in [-0.3, -0.25) is 4.99 Å². The van der Waals surface area contributed by atoms with E-state index in [2.05, 4.69) is 15.6 Å². The maximum Gasteiger partial charge on any atom is 0.410 e. The molecule has 1 fully saturated rings. The molecule has 0 atom stereocenters. The first-order chi connectivity index (χ1) is 11.5. The van der Waals surface area contributed by atoms with Gasteiger partial charge in [-0.05, 0) is 39.5 Å². The number of nitrogens with zero attached hydrogens (tertiary/aromatic N) is 2. The standard InChI is InChI=1S/C16H29F3N4O2.HI/c1-15(2,3)25-14(24)23-9-5-12(6-10-23)11-22-13(20-4)21-8-7-16(17,18)19;/h12H,5-11H2,1-4H3,(H2,20,21,22);1H. The Morgan fingerprint density at radius 1 is 1.19 bits per heavy atom. The Kier molecular flexibility index (Phi) is 10.6. The monoisotopic (exact) mass is 494 g/mol. The molecular weight excluding hydrogens is 464 g/mol. The lowest BCUT2D eigenvalue weighted by Gasteiger charge is -2.33. The number of likely N-dealkylation sites (tertiary alicyclic amines) is 1. The highest BCUT2D eigenvalue weighted by molar-refractivity contribution is 14.0. The van der Waals surface area contributed by atoms with Gasteiger partial charge < -0.3 is 20.3 Å². The van der Waals surface area contributed by atoms with Crippen LogP contribution in [0.25, 0.3) is 0 Å². The van der Waals surface area contributed by atoms with Crippen LogP contribution in [0.15, 0.2) is 4.99 Å². The van der Waals surface area contributed by atoms with E-state index in [1.807, 2.05) is 20.8 Å². The van der Waals surface area contributed by atoms with E-state index in [0.717, 1.165) is 12.8 Å². The van der Waals surface area contributed by atoms with E-state index >= 15 is 0 Å². The number of piperidine rings is 1. The molecule has 1 rings (SSSR count). The van der Waals surface area contributed by atoms with Gasteiger partial charge in [-0.2, -0.15) is 13.2 Å². The molecule has 6 nitrogen and oxygen atoms in total. The Morgan fingerprint density at radius 3 is 2.23 bits per heavy atom. The zero-order valence-electron chi connectivity index (χ0n) is 15.8. The molecule has 26 heavy (non-hydrogen) atoms. The summed E-state index contributed by atoms with van der Waals surface area (Å²) < 4.78 is 41.8. The molecule has 10 heteroatoms. The third kappa shape index (κ3) is 10.9. The van der Waals surface area contributed by atoms with Gasteiger partial charge in [0.25, 0.3) is 0 Å². The minimum absolute atomic E-state index is 0. The first-order valence-electron chi connectivity index (χ1n) is 8.49. The van der Waals surface area contributed by atoms with Crippen LogP contribution in [-0.4, -0.2) is 62.0 Å². The topological polar surface area (TPSA) is 66.0 Å². The molecule has 0 aromatic carbocycles. The molecule has 0 aromatic heterocycles. The second kappa shape index (κ2) is 11.0. The zero-order valence-corrected chi connectivity index (χ0v) is 18.1. The number of rotatable bonds is 4. The molecule has 0 unspecified atom stereocenters. The zero-order chi connectivity index (χ0) is 19.1. The van der Waals surface area contributed by atoms with Crippen molar-refractivity contribution in [3.8, 4) is 0 Å². The first kappa shape index (κ1) is 25.1. The Morgan fingerprint density at radius 2 is 1.77 bits per heavy atom. The molecular formula is C16H30F3IN4O2. The summed E-state index contributed by atoms with van der Waals surface area (Å²) in [5.74, 6) is 0.693. The molecule has 1 saturated heterocycles. The predicted molar refractivity (Wildman–Crippen MR) is 106 cm³/mol. The van der Waals surface area contributed by atoms with E-state index in [0.29, 0.717) is 31.5 Å². The summed E-state index contributed by atoms with van der Waals surface area (Å²) in [5.41, 5.74) is -0.510. The summed E-state index contributed by atoms with van der Waals surface area (Å²) >= 11 is 0. The van der Waals surface area contributed by atoms with E-state index in [1.165, 1.54) is 7.05 Å². The summed E-state index contributed by atoms with van der Waals surface area (Å²) in [6.07, 6.45) is -3.76. The third-order valence-electron chi connectivity index (χ3n) is 3.75. The fourth-order valence-electron chi connectivity index (χ4n) is 2.43. The molecule has 0 aliphatic carbocycles. The Hall–Kier alpha value is -0.940. The summed E-state index contributed by atoms with van der Waals surface area (Å²) in [4.78, 5) is 17.6. The molecule has 1 heterocycles. The molecule has 0 aromatic rings. The SMILES string of the molecule is CN=C(NCCC(F)(F)F)NCC1CCN(C(=O)OC(C)(C)C)CC1.I. The van der Waals surface area contributed by atoms with Crippen molar-refractivity contribution in [2.24, 2.45) is 10.9 Å². The predicted octanol–water partition coefficient (Wildman–Crippen LogP) is 3.37. The Balaban J connectivity index is 0.00000625. The largest absolute Gasteiger partial charge is 0.444 e. The maximum atomic E-state index is 12.1. The molecule has 1 aliphatic rings. The minimum Gasteiger partial charge on any atom is -0.444 e. The van der Waals surface area contributed by atoms with Crippen molar-refractivity contribution in [3.05, 3.63) is 0 Å². The molecule has 1 amide bonds. The van der Waals surface area contributed by atoms with Gasteiger partial charge >= 0.3 is 12.3 Å². The van der Waals surface area contributed by atoms with Gasteiger partial charge in [0, 0.05) is 33.2 Å². The van der Waals surface area contributed by atoms with Crippen LogP contribution >= 0.6 is 24.0 Å². The van der Waals surface area contributed by atoms with Crippen LogP contribution in [0.3, 0.4) is 0 Å². The van der Waals surface area contributed by atoms with Crippen molar-refractivity contribution in [1.29, 1.82) is 0 Å². The lowest BCUT2D eigenvalue weighted by Crippen LogP contribution is -2.45. The molecule has 154 valence electrons. The summed E-state index contributed by atoms with van der Waals surface area (Å²) in [7, 11) is 1.52. The number of halogens is 4. The lowest BCUT2D eigenvalue weighted by molar-refractivity contribution is -0.132. The Bertz CT molecular complexity index is 459. The van der Waals surface area contributed by atoms with Crippen molar-refractivity contribution in [3.63, 3.8) is 0 Å². The van der Waals surface area contributed by atoms with E-state index in [-0.39, 0.29) is 36.6 Å². The van der Waals surface area contributed by atoms with Gasteiger partial charge in [0.05, 0.1) is 6.42 Å². The number of amides is 1. The summed E-state index contributed by atoms with van der Waals surface area (Å²) in [5, 5.41) is 5.70. The third-order valence-corrected chi connectivity index (χ3v) is 3.75. The number of carbonyl (C=O) groups is 1. The molecule has 0 bridgehead atoms. The van der Waals surface area contributed by atoms with Gasteiger partial charge in [0.1, 0.15) is 5.60 Å². The molecule has 2 N–H and O–H groups in total. The smallest absolute Gasteiger partial charge is 0.410 e. The fraction of sp³-hybridized carbons (Fsp3) is 0.875. The number of nitrogens with one attached hydrogen (secondary N) is 2. The van der Waals surface area contributed by atoms with Crippen molar-refractivity contribution >= 4 is 36.0 Å². The number of carbonyl (C=O) groups excluding carboxylic acids is 1. The van der Waals surface area contributed by atoms with E-state index in [9.17, 15) is 18.0 Å². The average molecular weight is 494 g/mol. The first-order valence-corrected chi connectivity index (χ1v) is 8.49. The second-order valence-electron chi connectivity index (χ2n) is 7.16. The highest BCUT2D eigenvalue weighted by atomic mass is 127. The van der Waals surface area contributed by atoms with Crippen molar-refractivity contribution in [2.75, 3.05) is 33.2 Å². The minimum atomic E-state index is -4.18. The van der Waals surface area contributed by atoms with Crippen LogP contribution in [-0.2, 0) is 4.74 Å². The van der Waals surface area contributed by atoms with Crippen molar-refractivity contribution < 1.29 is 22.7 Å². The Labute approximate surface area is 170 Å². The highest BCUT2D eigenvalue weighted by Gasteiger charge is 2.28. The lowest BCUT2D eigenvalue weighted by atomic mass is 9.97. The van der Waals surface area contributed by atoms with Crippen LogP contribution in [0, 0.1) is 5.92 Å². The van der Waals surface area contributed by atoms with Crippen LogP contribution < -0.4 is 10.6 Å². The van der Waals surface area contributed by atoms with Gasteiger partial charge in [-0.15, -0.1) is 24.0 Å². The number of aliphatic imine (C=N–C) groups is 1. The normalized spacial score (nSPS) is 16.7. The van der Waals surface area contributed by atoms with Gasteiger partial charge in [0.15, 0.2) is 5.96 Å². The van der Waals surface area contributed by atoms with Crippen molar-refractivity contribution in [2.45, 2.75) is 51.8 Å². The van der Waals surface area contributed by atoms with Crippen LogP contribution in [0.4, 0.5) is 18.0 Å². The number of ether oxygens (including phenoxy) is 1. The van der Waals surface area contributed by atoms with E-state index < -0.39 is 18.2 Å². The fourth-order valence-corrected chi connectivity index (χ4v) is 2.43. The summed E-state index contributed by atoms with van der Waals surface area (Å²) in [6, 6.07) is 0. The number of alkyl halides is 3. The number of hydrogen-bond acceptors (Lipinski definition) is 3. The van der Waals surface area contributed by atoms with Gasteiger partial charge in [-0.1, -0.05) is 0 Å². The molecule has 0 spiro atoms. The quantitative estimate of drug-likeness (QED) is 0.358. The second-order valence-corrected chi connectivity index (χ2v) is 7.16. The van der Waals surface area contributed by atoms with Crippen LogP contribution in [0.2, 0.25) is 0 Å². The number of guanidine groups is 1. The highest BCUT2D eigenvalue weighted by Crippen LogP contribution is 2.19. The maximum absolute atomic E-state index is 12.1. The van der Waals surface area contributed by atoms with Crippen molar-refractivity contribution in [1.82, 2.24) is 15.5 Å². The summed E-state index contributed by atoms with van der Waals surface area (Å²) in [6.45, 7) is 7.12. The van der Waals surface area contributed by atoms with Crippen LogP contribution in [0.1, 0.15) is 40.0 Å². The molecule has 0 radical (unpaired) electrons. The average Bonchev–Trinajstić information content (AvgIpc) is 2.48. The van der Waals surface area contributed by atoms with E-state index in [1.54, 1.807) is 4.90 Å². The molecule has 0 saturated carbocycles.